The molecule has 0 radical (unpaired) electrons. The van der Waals surface area contributed by atoms with Crippen molar-refractivity contribution in [2.24, 2.45) is 0 Å². The quantitative estimate of drug-likeness (QED) is 0.630. The Bertz CT molecular complexity index is 559. The van der Waals surface area contributed by atoms with Crippen molar-refractivity contribution in [3.8, 4) is 5.75 Å². The van der Waals surface area contributed by atoms with E-state index in [2.05, 4.69) is 4.18 Å². The van der Waals surface area contributed by atoms with Crippen molar-refractivity contribution in [3.05, 3.63) is 35.4 Å². The highest BCUT2D eigenvalue weighted by atomic mass is 32.2. The molecule has 0 aliphatic heterocycles. The Balaban J connectivity index is 3.20. The van der Waals surface area contributed by atoms with Crippen molar-refractivity contribution in [1.82, 2.24) is 0 Å². The van der Waals surface area contributed by atoms with E-state index < -0.39 is 15.6 Å². The summed E-state index contributed by atoms with van der Waals surface area (Å²) in [7, 11) is -5.64. The Hall–Kier alpha value is -1.50. The summed E-state index contributed by atoms with van der Waals surface area (Å²) in [5.41, 5.74) is -4.39. The fraction of sp³-hybridized carbons (Fsp3) is 0.273. The van der Waals surface area contributed by atoms with Gasteiger partial charge in [-0.1, -0.05) is 23.8 Å². The Morgan fingerprint density at radius 1 is 1.28 bits per heavy atom. The highest BCUT2D eigenvalue weighted by molar-refractivity contribution is 7.88. The van der Waals surface area contributed by atoms with Crippen molar-refractivity contribution in [1.29, 1.82) is 0 Å². The van der Waals surface area contributed by atoms with Gasteiger partial charge >= 0.3 is 15.6 Å². The topological polar surface area (TPSA) is 43.4 Å². The highest BCUT2D eigenvalue weighted by Crippen LogP contribution is 2.29. The van der Waals surface area contributed by atoms with Crippen LogP contribution in [0.2, 0.25) is 0 Å². The first kappa shape index (κ1) is 14.6. The van der Waals surface area contributed by atoms with Crippen LogP contribution in [0.5, 0.6) is 5.75 Å². The Morgan fingerprint density at radius 2 is 1.89 bits per heavy atom. The van der Waals surface area contributed by atoms with Crippen molar-refractivity contribution in [2.45, 2.75) is 19.4 Å². The number of hydrogen-bond acceptors (Lipinski definition) is 3. The minimum absolute atomic E-state index is 0.269. The van der Waals surface area contributed by atoms with Crippen LogP contribution < -0.4 is 4.18 Å². The first-order valence-electron chi connectivity index (χ1n) is 4.91. The molecule has 0 bridgehead atoms. The van der Waals surface area contributed by atoms with Gasteiger partial charge < -0.3 is 4.18 Å². The number of hydrogen-bond donors (Lipinski definition) is 0. The molecule has 0 unspecified atom stereocenters. The SMILES string of the molecule is C/C=C\c1cc(C)ccc1OS(=O)(=O)C(F)(F)F. The average Bonchev–Trinajstić information content (AvgIpc) is 2.20. The lowest BCUT2D eigenvalue weighted by atomic mass is 10.1. The second-order valence-electron chi connectivity index (χ2n) is 3.52. The largest absolute Gasteiger partial charge is 0.534 e. The van der Waals surface area contributed by atoms with Gasteiger partial charge in [0.2, 0.25) is 0 Å². The van der Waals surface area contributed by atoms with Gasteiger partial charge in [0.05, 0.1) is 0 Å². The van der Waals surface area contributed by atoms with E-state index in [1.807, 2.05) is 0 Å². The summed E-state index contributed by atoms with van der Waals surface area (Å²) in [5, 5.41) is 0. The summed E-state index contributed by atoms with van der Waals surface area (Å²) < 4.78 is 62.4. The number of benzene rings is 1. The lowest BCUT2D eigenvalue weighted by Gasteiger charge is -2.11. The maximum absolute atomic E-state index is 12.2. The molecule has 0 spiro atoms. The van der Waals surface area contributed by atoms with Crippen molar-refractivity contribution >= 4 is 16.2 Å². The molecule has 1 aromatic carbocycles. The van der Waals surface area contributed by atoms with Gasteiger partial charge in [-0.2, -0.15) is 21.6 Å². The molecule has 18 heavy (non-hydrogen) atoms. The van der Waals surface area contributed by atoms with Gasteiger partial charge in [-0.3, -0.25) is 0 Å². The zero-order valence-electron chi connectivity index (χ0n) is 9.65. The minimum Gasteiger partial charge on any atom is -0.375 e. The van der Waals surface area contributed by atoms with E-state index >= 15 is 0 Å². The average molecular weight is 280 g/mol. The first-order valence-corrected chi connectivity index (χ1v) is 6.32. The molecule has 0 saturated carbocycles. The van der Waals surface area contributed by atoms with E-state index in [0.717, 1.165) is 5.56 Å². The molecule has 1 aromatic rings. The molecule has 0 aliphatic rings. The molecule has 0 aromatic heterocycles. The lowest BCUT2D eigenvalue weighted by Crippen LogP contribution is -2.28. The van der Waals surface area contributed by atoms with Gasteiger partial charge in [0.25, 0.3) is 0 Å². The Morgan fingerprint density at radius 3 is 2.39 bits per heavy atom. The molecule has 1 rings (SSSR count). The molecule has 0 aliphatic carbocycles. The zero-order valence-corrected chi connectivity index (χ0v) is 10.5. The van der Waals surface area contributed by atoms with E-state index in [9.17, 15) is 21.6 Å². The Labute approximate surface area is 103 Å². The fourth-order valence-corrected chi connectivity index (χ4v) is 1.70. The number of alkyl halides is 3. The number of rotatable bonds is 3. The second kappa shape index (κ2) is 5.01. The third-order valence-electron chi connectivity index (χ3n) is 1.99. The van der Waals surface area contributed by atoms with E-state index in [-0.39, 0.29) is 11.3 Å². The maximum Gasteiger partial charge on any atom is 0.534 e. The van der Waals surface area contributed by atoms with Crippen LogP contribution in [-0.2, 0) is 10.1 Å². The van der Waals surface area contributed by atoms with E-state index in [0.29, 0.717) is 0 Å². The van der Waals surface area contributed by atoms with E-state index in [1.54, 1.807) is 19.9 Å². The smallest absolute Gasteiger partial charge is 0.375 e. The fourth-order valence-electron chi connectivity index (χ4n) is 1.22. The first-order chi connectivity index (χ1) is 8.17. The van der Waals surface area contributed by atoms with Crippen LogP contribution in [0.1, 0.15) is 18.1 Å². The van der Waals surface area contributed by atoms with Crippen LogP contribution in [0.4, 0.5) is 13.2 Å². The van der Waals surface area contributed by atoms with Gasteiger partial charge in [-0.15, -0.1) is 0 Å². The van der Waals surface area contributed by atoms with Crippen molar-refractivity contribution in [2.75, 3.05) is 0 Å². The molecule has 100 valence electrons. The predicted molar refractivity (Wildman–Crippen MR) is 61.5 cm³/mol. The maximum atomic E-state index is 12.2. The summed E-state index contributed by atoms with van der Waals surface area (Å²) in [5.74, 6) is -0.351. The molecular weight excluding hydrogens is 269 g/mol. The van der Waals surface area contributed by atoms with Gasteiger partial charge in [-0.25, -0.2) is 0 Å². The van der Waals surface area contributed by atoms with Crippen molar-refractivity contribution in [3.63, 3.8) is 0 Å². The molecule has 0 heterocycles. The normalized spacial score (nSPS) is 12.9. The summed E-state index contributed by atoms with van der Waals surface area (Å²) >= 11 is 0. The monoisotopic (exact) mass is 280 g/mol. The number of aryl methyl sites for hydroxylation is 1. The third-order valence-corrected chi connectivity index (χ3v) is 2.96. The predicted octanol–water partition coefficient (Wildman–Crippen LogP) is 3.26. The Kier molecular flexibility index (Phi) is 4.05. The molecule has 7 heteroatoms. The molecule has 0 saturated heterocycles. The van der Waals surface area contributed by atoms with E-state index in [4.69, 9.17) is 0 Å². The molecule has 0 N–H and O–H groups in total. The third kappa shape index (κ3) is 3.25. The van der Waals surface area contributed by atoms with Crippen molar-refractivity contribution < 1.29 is 25.8 Å². The summed E-state index contributed by atoms with van der Waals surface area (Å²) in [6.45, 7) is 3.39. The van der Waals surface area contributed by atoms with Crippen LogP contribution in [0.15, 0.2) is 24.3 Å². The van der Waals surface area contributed by atoms with Gasteiger partial charge in [-0.05, 0) is 26.0 Å². The highest BCUT2D eigenvalue weighted by Gasteiger charge is 2.48. The zero-order chi connectivity index (χ0) is 14.0. The summed E-state index contributed by atoms with van der Waals surface area (Å²) in [6, 6.07) is 4.18. The lowest BCUT2D eigenvalue weighted by molar-refractivity contribution is -0.0500. The summed E-state index contributed by atoms with van der Waals surface area (Å²) in [4.78, 5) is 0. The molecular formula is C11H11F3O3S. The standard InChI is InChI=1S/C11H11F3O3S/c1-3-4-9-7-8(2)5-6-10(9)17-18(15,16)11(12,13)14/h3-7H,1-2H3/b4-3-. The molecule has 3 nitrogen and oxygen atoms in total. The van der Waals surface area contributed by atoms with Gasteiger partial charge in [0.1, 0.15) is 5.75 Å². The second-order valence-corrected chi connectivity index (χ2v) is 5.06. The van der Waals surface area contributed by atoms with E-state index in [1.165, 1.54) is 24.3 Å². The number of allylic oxidation sites excluding steroid dienone is 1. The summed E-state index contributed by atoms with van der Waals surface area (Å²) in [6.07, 6.45) is 3.04. The molecule has 0 atom stereocenters. The van der Waals surface area contributed by atoms with Crippen LogP contribution in [-0.4, -0.2) is 13.9 Å². The minimum atomic E-state index is -5.64. The number of halogens is 3. The van der Waals surface area contributed by atoms with Gasteiger partial charge in [0, 0.05) is 5.56 Å². The van der Waals surface area contributed by atoms with Crippen LogP contribution in [0.3, 0.4) is 0 Å². The molecule has 0 fully saturated rings. The van der Waals surface area contributed by atoms with Crippen LogP contribution >= 0.6 is 0 Å². The van der Waals surface area contributed by atoms with Gasteiger partial charge in [0.15, 0.2) is 0 Å². The van der Waals surface area contributed by atoms with Crippen LogP contribution in [0.25, 0.3) is 6.08 Å². The molecule has 0 amide bonds. The van der Waals surface area contributed by atoms with Crippen LogP contribution in [0, 0.1) is 6.92 Å².